The van der Waals surface area contributed by atoms with Crippen LogP contribution in [0.4, 0.5) is 0 Å². The maximum atomic E-state index is 13.3. The number of methoxy groups -OCH3 is 1. The molecule has 0 amide bonds. The SMILES string of the molecule is COc1ccc2cc(C3CC(=O)Oc4ccc5c(c43)O/C(=C\c3ccc4c(c3)OCCO4)C5=O)c(=O)[nH]c2c1. The first-order valence-electron chi connectivity index (χ1n) is 12.4. The Kier molecular flexibility index (Phi) is 5.19. The number of carbonyl (C=O) groups excluding carboxylic acids is 2. The van der Waals surface area contributed by atoms with Crippen molar-refractivity contribution in [2.75, 3.05) is 20.3 Å². The fourth-order valence-corrected chi connectivity index (χ4v) is 5.26. The molecule has 1 unspecified atom stereocenters. The molecule has 0 saturated heterocycles. The molecule has 0 spiro atoms. The molecule has 3 aliphatic rings. The van der Waals surface area contributed by atoms with E-state index in [0.717, 1.165) is 5.39 Å². The second kappa shape index (κ2) is 8.76. The number of hydrogen-bond donors (Lipinski definition) is 1. The van der Waals surface area contributed by atoms with Crippen molar-refractivity contribution in [1.29, 1.82) is 0 Å². The van der Waals surface area contributed by atoms with E-state index in [-0.39, 0.29) is 35.0 Å². The Balaban J connectivity index is 1.32. The van der Waals surface area contributed by atoms with Gasteiger partial charge in [-0.25, -0.2) is 0 Å². The highest BCUT2D eigenvalue weighted by Crippen LogP contribution is 2.48. The molecule has 0 aliphatic carbocycles. The average Bonchev–Trinajstić information content (AvgIpc) is 3.26. The van der Waals surface area contributed by atoms with Crippen molar-refractivity contribution in [3.8, 4) is 28.7 Å². The Labute approximate surface area is 221 Å². The van der Waals surface area contributed by atoms with Crippen LogP contribution in [0.1, 0.15) is 39.4 Å². The lowest BCUT2D eigenvalue weighted by atomic mass is 9.85. The number of nitrogens with one attached hydrogen (secondary N) is 1. The Morgan fingerprint density at radius 2 is 1.72 bits per heavy atom. The number of carbonyl (C=O) groups is 2. The third kappa shape index (κ3) is 3.82. The smallest absolute Gasteiger partial charge is 0.312 e. The van der Waals surface area contributed by atoms with Crippen molar-refractivity contribution in [2.45, 2.75) is 12.3 Å². The van der Waals surface area contributed by atoms with Crippen LogP contribution in [0.3, 0.4) is 0 Å². The molecule has 9 nitrogen and oxygen atoms in total. The minimum Gasteiger partial charge on any atom is -0.497 e. The van der Waals surface area contributed by atoms with Crippen molar-refractivity contribution >= 4 is 28.7 Å². The molecule has 7 rings (SSSR count). The minimum atomic E-state index is -0.673. The molecule has 0 fully saturated rings. The summed E-state index contributed by atoms with van der Waals surface area (Å²) in [5.41, 5.74) is 2.16. The van der Waals surface area contributed by atoms with Crippen LogP contribution in [0.5, 0.6) is 28.7 Å². The van der Waals surface area contributed by atoms with Crippen LogP contribution in [0.15, 0.2) is 65.2 Å². The molecule has 3 aliphatic heterocycles. The summed E-state index contributed by atoms with van der Waals surface area (Å²) >= 11 is 0. The van der Waals surface area contributed by atoms with Crippen LogP contribution in [-0.2, 0) is 4.79 Å². The fourth-order valence-electron chi connectivity index (χ4n) is 5.26. The van der Waals surface area contributed by atoms with Crippen molar-refractivity contribution in [3.63, 3.8) is 0 Å². The summed E-state index contributed by atoms with van der Waals surface area (Å²) in [4.78, 5) is 42.0. The molecule has 4 heterocycles. The number of allylic oxidation sites excluding steroid dienone is 1. The zero-order chi connectivity index (χ0) is 26.7. The summed E-state index contributed by atoms with van der Waals surface area (Å²) < 4.78 is 28.1. The summed E-state index contributed by atoms with van der Waals surface area (Å²) in [5.74, 6) is 1.05. The van der Waals surface area contributed by atoms with Gasteiger partial charge >= 0.3 is 5.97 Å². The number of ether oxygens (including phenoxy) is 5. The van der Waals surface area contributed by atoms with Gasteiger partial charge in [0.05, 0.1) is 24.6 Å². The third-order valence-corrected chi connectivity index (χ3v) is 7.10. The highest BCUT2D eigenvalue weighted by Gasteiger charge is 2.39. The van der Waals surface area contributed by atoms with Crippen LogP contribution in [-0.4, -0.2) is 37.1 Å². The maximum Gasteiger partial charge on any atom is 0.312 e. The second-order valence-corrected chi connectivity index (χ2v) is 9.43. The number of aromatic nitrogens is 1. The van der Waals surface area contributed by atoms with Crippen molar-refractivity contribution in [3.05, 3.63) is 93.0 Å². The van der Waals surface area contributed by atoms with Gasteiger partial charge in [-0.2, -0.15) is 0 Å². The molecule has 0 bridgehead atoms. The highest BCUT2D eigenvalue weighted by molar-refractivity contribution is 6.15. The number of aromatic amines is 1. The van der Waals surface area contributed by atoms with E-state index in [0.29, 0.717) is 58.2 Å². The molecule has 1 atom stereocenters. The molecule has 4 aromatic rings. The molecular formula is C30H21NO8. The van der Waals surface area contributed by atoms with Crippen LogP contribution in [0.2, 0.25) is 0 Å². The van der Waals surface area contributed by atoms with E-state index in [1.54, 1.807) is 55.7 Å². The van der Waals surface area contributed by atoms with Gasteiger partial charge in [-0.3, -0.25) is 14.4 Å². The minimum absolute atomic E-state index is 0.0764. The Hall–Kier alpha value is -5.05. The number of benzene rings is 3. The number of H-pyrrole nitrogens is 1. The fraction of sp³-hybridized carbons (Fsp3) is 0.167. The monoisotopic (exact) mass is 523 g/mol. The largest absolute Gasteiger partial charge is 0.497 e. The quantitative estimate of drug-likeness (QED) is 0.239. The molecule has 0 saturated carbocycles. The van der Waals surface area contributed by atoms with Crippen LogP contribution < -0.4 is 29.2 Å². The lowest BCUT2D eigenvalue weighted by Gasteiger charge is -2.26. The predicted octanol–water partition coefficient (Wildman–Crippen LogP) is 4.37. The molecule has 0 radical (unpaired) electrons. The highest BCUT2D eigenvalue weighted by atomic mass is 16.6. The predicted molar refractivity (Wildman–Crippen MR) is 140 cm³/mol. The lowest BCUT2D eigenvalue weighted by Crippen LogP contribution is -2.26. The standard InChI is InChI=1S/C30H21NO8/c1-35-17-4-3-16-12-20(30(34)31-21(16)13-17)19-14-26(32)38-23-7-5-18-28(33)25(39-29(18)27(19)23)11-15-2-6-22-24(10-15)37-9-8-36-22/h2-7,10-13,19H,8-9,14H2,1H3,(H,31,34)/b25-11-. The van der Waals surface area contributed by atoms with Gasteiger partial charge in [0, 0.05) is 23.1 Å². The number of ketones is 1. The topological polar surface area (TPSA) is 113 Å². The summed E-state index contributed by atoms with van der Waals surface area (Å²) in [7, 11) is 1.55. The van der Waals surface area contributed by atoms with Crippen LogP contribution >= 0.6 is 0 Å². The van der Waals surface area contributed by atoms with Crippen LogP contribution in [0.25, 0.3) is 17.0 Å². The van der Waals surface area contributed by atoms with E-state index in [2.05, 4.69) is 4.98 Å². The Morgan fingerprint density at radius 1 is 0.897 bits per heavy atom. The molecule has 194 valence electrons. The number of esters is 1. The first-order chi connectivity index (χ1) is 19.0. The van der Waals surface area contributed by atoms with E-state index >= 15 is 0 Å². The summed E-state index contributed by atoms with van der Waals surface area (Å²) in [6.07, 6.45) is 1.56. The van der Waals surface area contributed by atoms with E-state index in [1.165, 1.54) is 0 Å². The number of fused-ring (bicyclic) bond motifs is 5. The van der Waals surface area contributed by atoms with Gasteiger partial charge < -0.3 is 28.7 Å². The van der Waals surface area contributed by atoms with Crippen molar-refractivity contribution < 1.29 is 33.3 Å². The van der Waals surface area contributed by atoms with Crippen molar-refractivity contribution in [2.24, 2.45) is 0 Å². The average molecular weight is 523 g/mol. The first-order valence-corrected chi connectivity index (χ1v) is 12.4. The van der Waals surface area contributed by atoms with Gasteiger partial charge in [-0.15, -0.1) is 0 Å². The molecule has 3 aromatic carbocycles. The van der Waals surface area contributed by atoms with E-state index in [9.17, 15) is 14.4 Å². The molecule has 1 N–H and O–H groups in total. The summed E-state index contributed by atoms with van der Waals surface area (Å²) in [6.45, 7) is 0.928. The van der Waals surface area contributed by atoms with Crippen LogP contribution in [0, 0.1) is 0 Å². The molecule has 9 heteroatoms. The van der Waals surface area contributed by atoms with Gasteiger partial charge in [0.15, 0.2) is 17.3 Å². The second-order valence-electron chi connectivity index (χ2n) is 9.43. The molecule has 39 heavy (non-hydrogen) atoms. The van der Waals surface area contributed by atoms with E-state index in [4.69, 9.17) is 23.7 Å². The zero-order valence-corrected chi connectivity index (χ0v) is 20.7. The van der Waals surface area contributed by atoms with Crippen molar-refractivity contribution in [1.82, 2.24) is 4.98 Å². The van der Waals surface area contributed by atoms with Gasteiger partial charge in [0.2, 0.25) is 5.78 Å². The van der Waals surface area contributed by atoms with Gasteiger partial charge in [0.1, 0.15) is 30.5 Å². The van der Waals surface area contributed by atoms with E-state index in [1.807, 2.05) is 12.1 Å². The molecule has 1 aromatic heterocycles. The number of Topliss-reactive ketones (excluding diaryl/α,β-unsaturated/α-hetero) is 1. The first kappa shape index (κ1) is 23.1. The number of rotatable bonds is 3. The van der Waals surface area contributed by atoms with Gasteiger partial charge in [-0.1, -0.05) is 6.07 Å². The maximum absolute atomic E-state index is 13.3. The normalized spacial score (nSPS) is 18.4. The Morgan fingerprint density at radius 3 is 2.56 bits per heavy atom. The lowest BCUT2D eigenvalue weighted by molar-refractivity contribution is -0.135. The summed E-state index contributed by atoms with van der Waals surface area (Å²) in [6, 6.07) is 15.6. The number of hydrogen-bond acceptors (Lipinski definition) is 8. The number of pyridine rings is 1. The summed E-state index contributed by atoms with van der Waals surface area (Å²) in [5, 5.41) is 0.773. The van der Waals surface area contributed by atoms with Gasteiger partial charge in [0.25, 0.3) is 5.56 Å². The Bertz CT molecular complexity index is 1800. The zero-order valence-electron chi connectivity index (χ0n) is 20.7. The van der Waals surface area contributed by atoms with Gasteiger partial charge in [-0.05, 0) is 59.5 Å². The van der Waals surface area contributed by atoms with E-state index < -0.39 is 11.9 Å². The third-order valence-electron chi connectivity index (χ3n) is 7.10. The molecular weight excluding hydrogens is 502 g/mol.